The molecular formula is C21H32Cl2N2O5. The Morgan fingerprint density at radius 1 is 1.20 bits per heavy atom. The summed E-state index contributed by atoms with van der Waals surface area (Å²) in [5.74, 6) is -0.235. The van der Waals surface area contributed by atoms with Crippen LogP contribution in [0.2, 0.25) is 10.0 Å². The lowest BCUT2D eigenvalue weighted by molar-refractivity contribution is -0.122. The van der Waals surface area contributed by atoms with Gasteiger partial charge in [-0.15, -0.1) is 0 Å². The highest BCUT2D eigenvalue weighted by atomic mass is 35.5. The third-order valence-electron chi connectivity index (χ3n) is 4.68. The van der Waals surface area contributed by atoms with Gasteiger partial charge in [0.1, 0.15) is 0 Å². The van der Waals surface area contributed by atoms with Crippen molar-refractivity contribution >= 4 is 35.2 Å². The number of rotatable bonds is 10. The van der Waals surface area contributed by atoms with E-state index >= 15 is 0 Å². The molecule has 2 amide bonds. The first-order valence-corrected chi connectivity index (χ1v) is 10.6. The monoisotopic (exact) mass is 462 g/mol. The van der Waals surface area contributed by atoms with E-state index in [9.17, 15) is 24.9 Å². The van der Waals surface area contributed by atoms with Gasteiger partial charge in [0.15, 0.2) is 0 Å². The number of aliphatic hydroxyl groups is 2. The van der Waals surface area contributed by atoms with Crippen LogP contribution < -0.4 is 5.32 Å². The first kappa shape index (κ1) is 26.5. The van der Waals surface area contributed by atoms with E-state index in [1.54, 1.807) is 18.2 Å². The zero-order chi connectivity index (χ0) is 23.1. The maximum atomic E-state index is 12.4. The highest BCUT2D eigenvalue weighted by Crippen LogP contribution is 2.38. The van der Waals surface area contributed by atoms with Crippen molar-refractivity contribution in [3.63, 3.8) is 0 Å². The zero-order valence-corrected chi connectivity index (χ0v) is 19.4. The summed E-state index contributed by atoms with van der Waals surface area (Å²) >= 11 is 12.3. The Morgan fingerprint density at radius 3 is 2.30 bits per heavy atom. The van der Waals surface area contributed by atoms with Crippen molar-refractivity contribution in [1.82, 2.24) is 10.2 Å². The molecule has 2 unspecified atom stereocenters. The Bertz CT molecular complexity index is 739. The number of halogens is 2. The second-order valence-electron chi connectivity index (χ2n) is 8.66. The molecule has 2 atom stereocenters. The molecule has 0 aliphatic carbocycles. The number of carboxylic acid groups (broad SMARTS) is 1. The highest BCUT2D eigenvalue weighted by molar-refractivity contribution is 6.42. The Kier molecular flexibility index (Phi) is 9.88. The molecule has 0 heterocycles. The number of carbonyl (C=O) groups is 2. The van der Waals surface area contributed by atoms with Crippen LogP contribution >= 0.6 is 23.2 Å². The predicted octanol–water partition coefficient (Wildman–Crippen LogP) is 3.87. The SMILES string of the molecule is CCCC(=O)NCC(CC(O)CO)(c1ccc(Cl)c(Cl)c1)N(CC(C)(C)C)C(=O)O. The van der Waals surface area contributed by atoms with Crippen molar-refractivity contribution in [2.75, 3.05) is 19.7 Å². The molecule has 0 aromatic heterocycles. The highest BCUT2D eigenvalue weighted by Gasteiger charge is 2.45. The second-order valence-corrected chi connectivity index (χ2v) is 9.47. The Morgan fingerprint density at radius 2 is 1.83 bits per heavy atom. The standard InChI is InChI=1S/C21H32Cl2N2O5/c1-5-6-18(28)24-12-21(10-15(27)11-26,14-7-8-16(22)17(23)9-14)25(19(29)30)13-20(2,3)4/h7-9,15,26-27H,5-6,10-13H2,1-4H3,(H,24,28)(H,29,30). The van der Waals surface area contributed by atoms with E-state index in [4.69, 9.17) is 23.2 Å². The third-order valence-corrected chi connectivity index (χ3v) is 5.42. The molecule has 0 spiro atoms. The van der Waals surface area contributed by atoms with Crippen LogP contribution in [0.15, 0.2) is 18.2 Å². The molecule has 30 heavy (non-hydrogen) atoms. The van der Waals surface area contributed by atoms with Gasteiger partial charge in [-0.3, -0.25) is 9.69 Å². The maximum absolute atomic E-state index is 12.4. The number of nitrogens with one attached hydrogen (secondary N) is 1. The molecule has 0 saturated carbocycles. The van der Waals surface area contributed by atoms with Gasteiger partial charge in [0.2, 0.25) is 5.91 Å². The van der Waals surface area contributed by atoms with Crippen LogP contribution in [0.1, 0.15) is 52.5 Å². The van der Waals surface area contributed by atoms with Gasteiger partial charge in [-0.25, -0.2) is 4.79 Å². The Balaban J connectivity index is 3.67. The molecule has 0 radical (unpaired) electrons. The van der Waals surface area contributed by atoms with Gasteiger partial charge in [0.05, 0.1) is 28.3 Å². The van der Waals surface area contributed by atoms with Crippen LogP contribution in [0.4, 0.5) is 4.79 Å². The van der Waals surface area contributed by atoms with E-state index in [0.29, 0.717) is 17.0 Å². The lowest BCUT2D eigenvalue weighted by Crippen LogP contribution is -2.58. The second kappa shape index (κ2) is 11.2. The number of hydrogen-bond donors (Lipinski definition) is 4. The van der Waals surface area contributed by atoms with Crippen molar-refractivity contribution in [3.8, 4) is 0 Å². The van der Waals surface area contributed by atoms with E-state index in [1.807, 2.05) is 27.7 Å². The summed E-state index contributed by atoms with van der Waals surface area (Å²) < 4.78 is 0. The molecule has 1 aromatic rings. The quantitative estimate of drug-likeness (QED) is 0.421. The molecule has 1 rings (SSSR count). The maximum Gasteiger partial charge on any atom is 0.408 e. The summed E-state index contributed by atoms with van der Waals surface area (Å²) in [5.41, 5.74) is -1.33. The average Bonchev–Trinajstić information content (AvgIpc) is 2.64. The average molecular weight is 463 g/mol. The fourth-order valence-corrected chi connectivity index (χ4v) is 3.63. The summed E-state index contributed by atoms with van der Waals surface area (Å²) in [6.07, 6.45) is -1.66. The molecule has 7 nitrogen and oxygen atoms in total. The van der Waals surface area contributed by atoms with Crippen molar-refractivity contribution in [1.29, 1.82) is 0 Å². The Labute approximate surface area is 188 Å². The van der Waals surface area contributed by atoms with Gasteiger partial charge < -0.3 is 20.6 Å². The molecule has 0 saturated heterocycles. The van der Waals surface area contributed by atoms with Crippen LogP contribution in [0.25, 0.3) is 0 Å². The van der Waals surface area contributed by atoms with Gasteiger partial charge in [-0.2, -0.15) is 0 Å². The number of nitrogens with zero attached hydrogens (tertiary/aromatic N) is 1. The Hall–Kier alpha value is -1.54. The minimum atomic E-state index is -1.38. The van der Waals surface area contributed by atoms with Crippen LogP contribution in [-0.4, -0.2) is 58.0 Å². The van der Waals surface area contributed by atoms with E-state index < -0.39 is 29.8 Å². The summed E-state index contributed by atoms with van der Waals surface area (Å²) in [5, 5.41) is 33.3. The van der Waals surface area contributed by atoms with Crippen LogP contribution in [0.5, 0.6) is 0 Å². The summed E-state index contributed by atoms with van der Waals surface area (Å²) in [6, 6.07) is 4.71. The molecule has 9 heteroatoms. The molecule has 1 aromatic carbocycles. The molecular weight excluding hydrogens is 431 g/mol. The molecule has 4 N–H and O–H groups in total. The number of carbonyl (C=O) groups excluding carboxylic acids is 1. The third kappa shape index (κ3) is 7.30. The number of amides is 2. The first-order valence-electron chi connectivity index (χ1n) is 9.88. The minimum Gasteiger partial charge on any atom is -0.465 e. The fourth-order valence-electron chi connectivity index (χ4n) is 3.33. The van der Waals surface area contributed by atoms with Crippen molar-refractivity contribution in [2.45, 2.75) is 58.6 Å². The first-order chi connectivity index (χ1) is 13.9. The topological polar surface area (TPSA) is 110 Å². The minimum absolute atomic E-state index is 0.0940. The number of benzene rings is 1. The van der Waals surface area contributed by atoms with Gasteiger partial charge in [-0.05, 0) is 29.5 Å². The van der Waals surface area contributed by atoms with Crippen molar-refractivity contribution < 1.29 is 24.9 Å². The van der Waals surface area contributed by atoms with Gasteiger partial charge in [-0.1, -0.05) is 57.0 Å². The predicted molar refractivity (Wildman–Crippen MR) is 118 cm³/mol. The summed E-state index contributed by atoms with van der Waals surface area (Å²) in [7, 11) is 0. The zero-order valence-electron chi connectivity index (χ0n) is 17.9. The molecule has 0 fully saturated rings. The lowest BCUT2D eigenvalue weighted by atomic mass is 9.80. The van der Waals surface area contributed by atoms with E-state index in [-0.39, 0.29) is 36.9 Å². The van der Waals surface area contributed by atoms with Crippen molar-refractivity contribution in [3.05, 3.63) is 33.8 Å². The largest absolute Gasteiger partial charge is 0.465 e. The van der Waals surface area contributed by atoms with Crippen LogP contribution in [0.3, 0.4) is 0 Å². The van der Waals surface area contributed by atoms with E-state index in [0.717, 1.165) is 0 Å². The van der Waals surface area contributed by atoms with E-state index in [1.165, 1.54) is 4.90 Å². The fraction of sp³-hybridized carbons (Fsp3) is 0.619. The smallest absolute Gasteiger partial charge is 0.408 e. The number of hydrogen-bond acceptors (Lipinski definition) is 4. The molecule has 0 bridgehead atoms. The lowest BCUT2D eigenvalue weighted by Gasteiger charge is -2.46. The number of aliphatic hydroxyl groups excluding tert-OH is 2. The summed E-state index contributed by atoms with van der Waals surface area (Å²) in [4.78, 5) is 25.8. The van der Waals surface area contributed by atoms with Gasteiger partial charge in [0.25, 0.3) is 0 Å². The summed E-state index contributed by atoms with van der Waals surface area (Å²) in [6.45, 7) is 7.00. The van der Waals surface area contributed by atoms with Crippen molar-refractivity contribution in [2.24, 2.45) is 5.41 Å². The molecule has 0 aliphatic rings. The van der Waals surface area contributed by atoms with Crippen LogP contribution in [-0.2, 0) is 10.3 Å². The normalized spacial score (nSPS) is 14.7. The molecule has 170 valence electrons. The van der Waals surface area contributed by atoms with E-state index in [2.05, 4.69) is 5.32 Å². The van der Waals surface area contributed by atoms with Gasteiger partial charge >= 0.3 is 6.09 Å². The van der Waals surface area contributed by atoms with Gasteiger partial charge in [0, 0.05) is 25.9 Å². The van der Waals surface area contributed by atoms with Crippen LogP contribution in [0, 0.1) is 5.41 Å². The molecule has 0 aliphatic heterocycles.